The van der Waals surface area contributed by atoms with Crippen LogP contribution in [0.5, 0.6) is 0 Å². The van der Waals surface area contributed by atoms with Gasteiger partial charge in [-0.1, -0.05) is 6.92 Å². The summed E-state index contributed by atoms with van der Waals surface area (Å²) in [4.78, 5) is 0. The third-order valence-electron chi connectivity index (χ3n) is 0. The standard InChI is InChI=1S/C2H5.Al.Mg.4H/c1-2;;;;;;/h1H2,2H3;;;;;;/q;;+2;;;2*-1. The second-order valence-corrected chi connectivity index (χ2v) is 2.12. The molecule has 0 spiro atoms. The van der Waals surface area contributed by atoms with Gasteiger partial charge in [-0.25, -0.2) is 0 Å². The van der Waals surface area contributed by atoms with Gasteiger partial charge in [0.25, 0.3) is 0 Å². The SMILES string of the molecule is C[CH2][AlH2].[H-].[H-].[Mg+2]. The van der Waals surface area contributed by atoms with Gasteiger partial charge in [0, 0.05) is 0 Å². The minimum Gasteiger partial charge on any atom is -1.00 e. The first-order valence-electron chi connectivity index (χ1n) is 1.41. The Hall–Kier alpha value is 1.30. The number of hydrogen-bond donors (Lipinski definition) is 0. The average Bonchev–Trinajstić information content (AvgIpc) is 0.918. The van der Waals surface area contributed by atoms with Gasteiger partial charge in [-0.3, -0.25) is 0 Å². The molecule has 0 heterocycles. The minimum absolute atomic E-state index is 0. The molecule has 0 fully saturated rings. The van der Waals surface area contributed by atoms with Gasteiger partial charge in [-0.15, -0.1) is 5.28 Å². The molecule has 22 valence electrons. The van der Waals surface area contributed by atoms with E-state index in [0.717, 1.165) is 0 Å². The summed E-state index contributed by atoms with van der Waals surface area (Å²) in [5, 5.41) is 1.39. The maximum Gasteiger partial charge on any atom is 2.00 e. The zero-order valence-corrected chi connectivity index (χ0v) is 6.83. The molecule has 0 rings (SSSR count). The van der Waals surface area contributed by atoms with Crippen molar-refractivity contribution in [1.82, 2.24) is 0 Å². The van der Waals surface area contributed by atoms with Crippen molar-refractivity contribution in [2.75, 3.05) is 0 Å². The summed E-state index contributed by atoms with van der Waals surface area (Å²) >= 11 is 1.37. The fraction of sp³-hybridized carbons (Fsp3) is 1.00. The fourth-order valence-electron chi connectivity index (χ4n) is 0. The molecule has 0 nitrogen and oxygen atoms in total. The topological polar surface area (TPSA) is 0 Å². The van der Waals surface area contributed by atoms with E-state index in [0.29, 0.717) is 0 Å². The van der Waals surface area contributed by atoms with Crippen LogP contribution in [0.4, 0.5) is 0 Å². The molecule has 0 aromatic rings. The van der Waals surface area contributed by atoms with E-state index in [9.17, 15) is 0 Å². The van der Waals surface area contributed by atoms with E-state index in [1.54, 1.807) is 0 Å². The maximum absolute atomic E-state index is 2.19. The van der Waals surface area contributed by atoms with Crippen molar-refractivity contribution < 1.29 is 2.85 Å². The van der Waals surface area contributed by atoms with Crippen molar-refractivity contribution >= 4 is 39.3 Å². The molecular weight excluding hydrogens is 75.3 g/mol. The summed E-state index contributed by atoms with van der Waals surface area (Å²) in [5.74, 6) is 0. The maximum atomic E-state index is 2.19. The van der Waals surface area contributed by atoms with Crippen molar-refractivity contribution in [3.63, 3.8) is 0 Å². The molecule has 0 radical (unpaired) electrons. The molecule has 0 N–H and O–H groups in total. The van der Waals surface area contributed by atoms with E-state index in [-0.39, 0.29) is 25.9 Å². The molecule has 0 unspecified atom stereocenters. The Kier molecular flexibility index (Phi) is 19.9. The van der Waals surface area contributed by atoms with Crippen LogP contribution in [0.15, 0.2) is 0 Å². The zero-order chi connectivity index (χ0) is 2.71. The molecule has 0 aliphatic rings. The molecule has 2 heteroatoms. The van der Waals surface area contributed by atoms with Crippen LogP contribution >= 0.6 is 0 Å². The van der Waals surface area contributed by atoms with Crippen molar-refractivity contribution in [3.05, 3.63) is 0 Å². The van der Waals surface area contributed by atoms with Gasteiger partial charge < -0.3 is 2.85 Å². The minimum atomic E-state index is 0. The van der Waals surface area contributed by atoms with Crippen molar-refractivity contribution in [2.24, 2.45) is 0 Å². The van der Waals surface area contributed by atoms with Crippen LogP contribution < -0.4 is 0 Å². The summed E-state index contributed by atoms with van der Waals surface area (Å²) in [5.41, 5.74) is 0. The molecule has 0 bridgehead atoms. The summed E-state index contributed by atoms with van der Waals surface area (Å²) < 4.78 is 0. The second-order valence-electron chi connectivity index (χ2n) is 0.707. The van der Waals surface area contributed by atoms with Crippen LogP contribution in [0.1, 0.15) is 9.78 Å². The number of hydrogen-bond acceptors (Lipinski definition) is 0. The van der Waals surface area contributed by atoms with Crippen molar-refractivity contribution in [3.8, 4) is 0 Å². The number of rotatable bonds is 0. The normalized spacial score (nSPS) is 4.25. The van der Waals surface area contributed by atoms with E-state index < -0.39 is 0 Å². The van der Waals surface area contributed by atoms with Crippen LogP contribution in [0.25, 0.3) is 0 Å². The van der Waals surface area contributed by atoms with E-state index >= 15 is 0 Å². The average molecular weight is 84.4 g/mol. The summed E-state index contributed by atoms with van der Waals surface area (Å²) in [6, 6.07) is 0. The van der Waals surface area contributed by atoms with Crippen LogP contribution in [0.2, 0.25) is 5.28 Å². The first kappa shape index (κ1) is 9.00. The summed E-state index contributed by atoms with van der Waals surface area (Å²) in [7, 11) is 0. The van der Waals surface area contributed by atoms with Gasteiger partial charge in [0.1, 0.15) is 0 Å². The van der Waals surface area contributed by atoms with E-state index in [1.807, 2.05) is 0 Å². The van der Waals surface area contributed by atoms with Crippen LogP contribution in [-0.4, -0.2) is 39.3 Å². The van der Waals surface area contributed by atoms with E-state index in [4.69, 9.17) is 0 Å². The van der Waals surface area contributed by atoms with Crippen LogP contribution in [0, 0.1) is 0 Å². The summed E-state index contributed by atoms with van der Waals surface area (Å²) in [6.45, 7) is 2.19. The molecule has 0 saturated heterocycles. The monoisotopic (exact) mass is 84.0 g/mol. The molecule has 0 aromatic carbocycles. The summed E-state index contributed by atoms with van der Waals surface area (Å²) in [6.07, 6.45) is 0. The Morgan fingerprint density at radius 3 is 2.00 bits per heavy atom. The van der Waals surface area contributed by atoms with Gasteiger partial charge >= 0.3 is 23.1 Å². The predicted molar refractivity (Wildman–Crippen MR) is 27.0 cm³/mol. The molecule has 0 aliphatic carbocycles. The predicted octanol–water partition coefficient (Wildman–Crippen LogP) is -0.0981. The van der Waals surface area contributed by atoms with Gasteiger partial charge in [0.15, 0.2) is 0 Å². The largest absolute Gasteiger partial charge is 2.00 e. The molecule has 0 aromatic heterocycles. The van der Waals surface area contributed by atoms with Crippen molar-refractivity contribution in [2.45, 2.75) is 12.2 Å². The fourth-order valence-corrected chi connectivity index (χ4v) is 0. The molecule has 0 atom stereocenters. The molecule has 0 saturated carbocycles. The van der Waals surface area contributed by atoms with E-state index in [1.165, 1.54) is 21.6 Å². The van der Waals surface area contributed by atoms with Gasteiger partial charge in [-0.05, 0) is 0 Å². The Balaban J connectivity index is -0.00000000667. The smallest absolute Gasteiger partial charge is 1.00 e. The van der Waals surface area contributed by atoms with Gasteiger partial charge in [0.2, 0.25) is 16.3 Å². The first-order valence-corrected chi connectivity index (χ1v) is 2.83. The second kappa shape index (κ2) is 8.85. The molecule has 0 amide bonds. The first-order chi connectivity index (χ1) is 1.41. The molecule has 4 heavy (non-hydrogen) atoms. The van der Waals surface area contributed by atoms with Crippen LogP contribution in [-0.2, 0) is 0 Å². The Labute approximate surface area is 54.5 Å². The Bertz CT molecular complexity index is 11.5. The quantitative estimate of drug-likeness (QED) is 0.360. The zero-order valence-electron chi connectivity index (χ0n) is 5.41. The molecule has 0 aliphatic heterocycles. The van der Waals surface area contributed by atoms with E-state index in [2.05, 4.69) is 6.92 Å². The third-order valence-corrected chi connectivity index (χ3v) is 0. The Morgan fingerprint density at radius 2 is 2.00 bits per heavy atom. The van der Waals surface area contributed by atoms with Crippen molar-refractivity contribution in [1.29, 1.82) is 0 Å². The van der Waals surface area contributed by atoms with Gasteiger partial charge in [0.05, 0.1) is 0 Å². The molecular formula is C2H9AlMg. The third kappa shape index (κ3) is 10.3. The van der Waals surface area contributed by atoms with Gasteiger partial charge in [-0.2, -0.15) is 0 Å². The Morgan fingerprint density at radius 1 is 2.00 bits per heavy atom. The van der Waals surface area contributed by atoms with Crippen LogP contribution in [0.3, 0.4) is 0 Å².